The molecule has 0 aromatic carbocycles. The molecule has 0 aromatic rings. The number of nitrogens with one attached hydrogen (secondary N) is 1. The van der Waals surface area contributed by atoms with Gasteiger partial charge in [-0.3, -0.25) is 9.80 Å². The summed E-state index contributed by atoms with van der Waals surface area (Å²) in [5.41, 5.74) is 0. The summed E-state index contributed by atoms with van der Waals surface area (Å²) in [6.45, 7) is 9.48. The van der Waals surface area contributed by atoms with Crippen LogP contribution < -0.4 is 5.32 Å². The highest BCUT2D eigenvalue weighted by molar-refractivity contribution is 4.74. The normalized spacial score (nSPS) is 26.6. The smallest absolute Gasteiger partial charge is 0.0793 e. The third-order valence-corrected chi connectivity index (χ3v) is 3.46. The predicted molar refractivity (Wildman–Crippen MR) is 67.2 cm³/mol. The van der Waals surface area contributed by atoms with Crippen molar-refractivity contribution >= 4 is 0 Å². The molecule has 5 nitrogen and oxygen atoms in total. The third kappa shape index (κ3) is 4.89. The van der Waals surface area contributed by atoms with E-state index in [1.54, 1.807) is 0 Å². The van der Waals surface area contributed by atoms with Gasteiger partial charge in [0.1, 0.15) is 0 Å². The minimum Gasteiger partial charge on any atom is -0.390 e. The van der Waals surface area contributed by atoms with E-state index in [1.165, 1.54) is 0 Å². The van der Waals surface area contributed by atoms with Crippen molar-refractivity contribution in [1.82, 2.24) is 15.1 Å². The minimum absolute atomic E-state index is 0.230. The van der Waals surface area contributed by atoms with Crippen LogP contribution in [0.4, 0.5) is 0 Å². The van der Waals surface area contributed by atoms with Crippen LogP contribution in [0.2, 0.25) is 0 Å². The van der Waals surface area contributed by atoms with Crippen LogP contribution in [0.15, 0.2) is 0 Å². The third-order valence-electron chi connectivity index (χ3n) is 3.46. The number of piperazine rings is 1. The molecule has 0 spiro atoms. The van der Waals surface area contributed by atoms with Gasteiger partial charge in [-0.15, -0.1) is 0 Å². The molecule has 17 heavy (non-hydrogen) atoms. The van der Waals surface area contributed by atoms with E-state index in [0.29, 0.717) is 0 Å². The van der Waals surface area contributed by atoms with Crippen LogP contribution in [0.3, 0.4) is 0 Å². The molecule has 5 heteroatoms. The average molecular weight is 243 g/mol. The number of aliphatic hydroxyl groups is 1. The van der Waals surface area contributed by atoms with Crippen LogP contribution in [0, 0.1) is 0 Å². The van der Waals surface area contributed by atoms with Crippen LogP contribution in [-0.2, 0) is 4.74 Å². The molecule has 2 N–H and O–H groups in total. The minimum atomic E-state index is -0.230. The first kappa shape index (κ1) is 13.2. The van der Waals surface area contributed by atoms with Gasteiger partial charge in [0.05, 0.1) is 12.7 Å². The summed E-state index contributed by atoms with van der Waals surface area (Å²) < 4.78 is 5.41. The van der Waals surface area contributed by atoms with Gasteiger partial charge in [0.15, 0.2) is 0 Å². The van der Waals surface area contributed by atoms with E-state index in [1.807, 2.05) is 0 Å². The van der Waals surface area contributed by atoms with Gasteiger partial charge in [0.25, 0.3) is 0 Å². The second-order valence-electron chi connectivity index (χ2n) is 4.97. The van der Waals surface area contributed by atoms with Crippen LogP contribution in [0.1, 0.15) is 6.42 Å². The Labute approximate surface area is 104 Å². The Balaban J connectivity index is 1.66. The Morgan fingerprint density at radius 3 is 2.47 bits per heavy atom. The van der Waals surface area contributed by atoms with E-state index in [0.717, 1.165) is 72.0 Å². The van der Waals surface area contributed by atoms with Crippen LogP contribution in [0.25, 0.3) is 0 Å². The van der Waals surface area contributed by atoms with Crippen molar-refractivity contribution in [2.24, 2.45) is 0 Å². The number of aliphatic hydroxyl groups excluding tert-OH is 1. The van der Waals surface area contributed by atoms with Crippen molar-refractivity contribution in [3.63, 3.8) is 0 Å². The van der Waals surface area contributed by atoms with E-state index in [2.05, 4.69) is 15.1 Å². The van der Waals surface area contributed by atoms with Crippen molar-refractivity contribution in [2.75, 3.05) is 65.6 Å². The SMILES string of the molecule is OC(CN1CCNCC1)CN1CCCOCC1. The maximum absolute atomic E-state index is 10.1. The zero-order chi connectivity index (χ0) is 11.9. The fraction of sp³-hybridized carbons (Fsp3) is 1.00. The van der Waals surface area contributed by atoms with Gasteiger partial charge >= 0.3 is 0 Å². The number of hydrogen-bond donors (Lipinski definition) is 2. The molecule has 0 aromatic heterocycles. The summed E-state index contributed by atoms with van der Waals surface area (Å²) >= 11 is 0. The summed E-state index contributed by atoms with van der Waals surface area (Å²) in [5, 5.41) is 13.4. The lowest BCUT2D eigenvalue weighted by Gasteiger charge is -2.31. The molecule has 2 heterocycles. The van der Waals surface area contributed by atoms with Crippen molar-refractivity contribution in [2.45, 2.75) is 12.5 Å². The molecule has 2 aliphatic rings. The zero-order valence-electron chi connectivity index (χ0n) is 10.6. The Morgan fingerprint density at radius 2 is 1.71 bits per heavy atom. The number of ether oxygens (including phenoxy) is 1. The van der Waals surface area contributed by atoms with E-state index in [-0.39, 0.29) is 6.10 Å². The lowest BCUT2D eigenvalue weighted by atomic mass is 10.2. The molecular weight excluding hydrogens is 218 g/mol. The Bertz CT molecular complexity index is 202. The largest absolute Gasteiger partial charge is 0.390 e. The summed E-state index contributed by atoms with van der Waals surface area (Å²) in [4.78, 5) is 4.66. The fourth-order valence-corrected chi connectivity index (χ4v) is 2.53. The maximum atomic E-state index is 10.1. The molecular formula is C12H25N3O2. The van der Waals surface area contributed by atoms with Crippen LogP contribution >= 0.6 is 0 Å². The van der Waals surface area contributed by atoms with Gasteiger partial charge in [0, 0.05) is 59.0 Å². The van der Waals surface area contributed by atoms with Crippen LogP contribution in [-0.4, -0.2) is 86.6 Å². The van der Waals surface area contributed by atoms with E-state index >= 15 is 0 Å². The summed E-state index contributed by atoms with van der Waals surface area (Å²) in [5.74, 6) is 0. The molecule has 2 aliphatic heterocycles. The molecule has 0 bridgehead atoms. The summed E-state index contributed by atoms with van der Waals surface area (Å²) in [6.07, 6.45) is 0.853. The zero-order valence-corrected chi connectivity index (χ0v) is 10.6. The molecule has 0 amide bonds. The van der Waals surface area contributed by atoms with Gasteiger partial charge in [0.2, 0.25) is 0 Å². The highest BCUT2D eigenvalue weighted by Crippen LogP contribution is 2.02. The highest BCUT2D eigenvalue weighted by atomic mass is 16.5. The second-order valence-corrected chi connectivity index (χ2v) is 4.97. The Morgan fingerprint density at radius 1 is 1.00 bits per heavy atom. The summed E-state index contributed by atoms with van der Waals surface area (Å²) in [6, 6.07) is 0. The quantitative estimate of drug-likeness (QED) is 0.661. The van der Waals surface area contributed by atoms with Crippen molar-refractivity contribution in [1.29, 1.82) is 0 Å². The van der Waals surface area contributed by atoms with Crippen molar-refractivity contribution < 1.29 is 9.84 Å². The molecule has 0 aliphatic carbocycles. The van der Waals surface area contributed by atoms with Crippen molar-refractivity contribution in [3.8, 4) is 0 Å². The van der Waals surface area contributed by atoms with Crippen LogP contribution in [0.5, 0.6) is 0 Å². The topological polar surface area (TPSA) is 48.0 Å². The summed E-state index contributed by atoms with van der Waals surface area (Å²) in [7, 11) is 0. The standard InChI is InChI=1S/C12H25N3O2/c16-12(11-15-5-2-13-3-6-15)10-14-4-1-8-17-9-7-14/h12-13,16H,1-11H2. The fourth-order valence-electron chi connectivity index (χ4n) is 2.53. The highest BCUT2D eigenvalue weighted by Gasteiger charge is 2.17. The number of rotatable bonds is 4. The van der Waals surface area contributed by atoms with E-state index in [9.17, 15) is 5.11 Å². The second kappa shape index (κ2) is 7.28. The number of hydrogen-bond acceptors (Lipinski definition) is 5. The predicted octanol–water partition coefficient (Wildman–Crippen LogP) is -1.03. The molecule has 1 unspecified atom stereocenters. The lowest BCUT2D eigenvalue weighted by molar-refractivity contribution is 0.0671. The molecule has 2 rings (SSSR count). The van der Waals surface area contributed by atoms with Gasteiger partial charge in [-0.2, -0.15) is 0 Å². The van der Waals surface area contributed by atoms with Gasteiger partial charge in [-0.25, -0.2) is 0 Å². The number of nitrogens with zero attached hydrogens (tertiary/aromatic N) is 2. The molecule has 2 fully saturated rings. The molecule has 1 atom stereocenters. The first-order valence-electron chi connectivity index (χ1n) is 6.76. The maximum Gasteiger partial charge on any atom is 0.0793 e. The van der Waals surface area contributed by atoms with Gasteiger partial charge in [-0.1, -0.05) is 0 Å². The van der Waals surface area contributed by atoms with E-state index < -0.39 is 0 Å². The molecule has 2 saturated heterocycles. The molecule has 100 valence electrons. The molecule has 0 radical (unpaired) electrons. The Hall–Kier alpha value is -0.200. The molecule has 0 saturated carbocycles. The van der Waals surface area contributed by atoms with Crippen molar-refractivity contribution in [3.05, 3.63) is 0 Å². The number of β-amino-alcohol motifs (C(OH)–C–C–N with tert-alkyl or cyclic N) is 1. The van der Waals surface area contributed by atoms with Gasteiger partial charge < -0.3 is 15.2 Å². The van der Waals surface area contributed by atoms with Gasteiger partial charge in [-0.05, 0) is 6.42 Å². The first-order valence-corrected chi connectivity index (χ1v) is 6.76. The monoisotopic (exact) mass is 243 g/mol. The lowest BCUT2D eigenvalue weighted by Crippen LogP contribution is -2.48. The Kier molecular flexibility index (Phi) is 5.67. The van der Waals surface area contributed by atoms with E-state index in [4.69, 9.17) is 4.74 Å². The first-order chi connectivity index (χ1) is 8.34. The average Bonchev–Trinajstić information content (AvgIpc) is 2.59.